The Kier molecular flexibility index (Phi) is 10.5. The normalized spacial score (nSPS) is 10.7. The van der Waals surface area contributed by atoms with Gasteiger partial charge >= 0.3 is 5.97 Å². The number of guanidine groups is 1. The van der Waals surface area contributed by atoms with Crippen LogP contribution < -0.4 is 21.9 Å². The van der Waals surface area contributed by atoms with E-state index in [4.69, 9.17) is 36.5 Å². The van der Waals surface area contributed by atoms with Crippen molar-refractivity contribution in [3.05, 3.63) is 71.8 Å². The summed E-state index contributed by atoms with van der Waals surface area (Å²) in [6.07, 6.45) is 1.43. The molecule has 3 aromatic rings. The maximum Gasteiger partial charge on any atom is 0.343 e. The van der Waals surface area contributed by atoms with E-state index < -0.39 is 26.2 Å². The molecule has 0 aliphatic heterocycles. The molecular weight excluding hydrogens is 514 g/mol. The monoisotopic (exact) mass is 539 g/mol. The first-order chi connectivity index (χ1) is 16.4. The van der Waals surface area contributed by atoms with E-state index in [9.17, 15) is 21.6 Å². The molecule has 0 saturated carbocycles. The number of nitrogen functional groups attached to an aromatic ring is 1. The molecule has 0 amide bonds. The van der Waals surface area contributed by atoms with Crippen molar-refractivity contribution in [2.45, 2.75) is 0 Å². The van der Waals surface area contributed by atoms with E-state index in [1.54, 1.807) is 48.5 Å². The molecule has 36 heavy (non-hydrogen) atoms. The topological polar surface area (TPSA) is 249 Å². The SMILES string of the molecule is CS(=O)(=O)O.CS(=O)(=O)O.N=C(N)c1ccc2cc(OC(=O)c3cccc(N=C(N)N)c3)ccc2c1. The maximum absolute atomic E-state index is 12.4. The largest absolute Gasteiger partial charge is 0.423 e. The first-order valence-corrected chi connectivity index (χ1v) is 13.3. The van der Waals surface area contributed by atoms with Crippen LogP contribution in [0, 0.1) is 5.41 Å². The van der Waals surface area contributed by atoms with Crippen LogP contribution in [-0.4, -0.2) is 56.2 Å². The Hall–Kier alpha value is -4.05. The quantitative estimate of drug-likeness (QED) is 0.0904. The molecule has 0 aliphatic carbocycles. The number of hydrogen-bond donors (Lipinski definition) is 6. The number of nitrogens with zero attached hydrogens (tertiary/aromatic N) is 1. The van der Waals surface area contributed by atoms with E-state index in [-0.39, 0.29) is 11.8 Å². The highest BCUT2D eigenvalue weighted by Gasteiger charge is 2.10. The van der Waals surface area contributed by atoms with Gasteiger partial charge in [-0.15, -0.1) is 0 Å². The summed E-state index contributed by atoms with van der Waals surface area (Å²) >= 11 is 0. The van der Waals surface area contributed by atoms with E-state index in [0.717, 1.165) is 10.8 Å². The molecular formula is C21H25N5O8S2. The van der Waals surface area contributed by atoms with Crippen molar-refractivity contribution >= 4 is 54.5 Å². The molecule has 0 aromatic heterocycles. The minimum atomic E-state index is -3.67. The molecule has 15 heteroatoms. The van der Waals surface area contributed by atoms with Crippen molar-refractivity contribution in [2.75, 3.05) is 12.5 Å². The zero-order valence-corrected chi connectivity index (χ0v) is 20.7. The van der Waals surface area contributed by atoms with Crippen LogP contribution in [0.1, 0.15) is 15.9 Å². The number of amidine groups is 1. The third-order valence-corrected chi connectivity index (χ3v) is 3.67. The van der Waals surface area contributed by atoms with Gasteiger partial charge in [-0.3, -0.25) is 14.5 Å². The third kappa shape index (κ3) is 13.0. The predicted molar refractivity (Wildman–Crippen MR) is 137 cm³/mol. The van der Waals surface area contributed by atoms with Crippen LogP contribution in [0.3, 0.4) is 0 Å². The number of carbonyl (C=O) groups excluding carboxylic acids is 1. The lowest BCUT2D eigenvalue weighted by Gasteiger charge is -2.07. The summed E-state index contributed by atoms with van der Waals surface area (Å²) in [4.78, 5) is 16.3. The van der Waals surface area contributed by atoms with Crippen LogP contribution in [0.5, 0.6) is 5.75 Å². The lowest BCUT2D eigenvalue weighted by Crippen LogP contribution is -2.21. The van der Waals surface area contributed by atoms with Gasteiger partial charge in [0, 0.05) is 5.56 Å². The average molecular weight is 540 g/mol. The van der Waals surface area contributed by atoms with Gasteiger partial charge < -0.3 is 21.9 Å². The Morgan fingerprint density at radius 3 is 1.89 bits per heavy atom. The zero-order chi connectivity index (χ0) is 27.7. The van der Waals surface area contributed by atoms with Gasteiger partial charge in [0.1, 0.15) is 11.6 Å². The number of ether oxygens (including phenoxy) is 1. The van der Waals surface area contributed by atoms with Crippen LogP contribution >= 0.6 is 0 Å². The molecule has 0 heterocycles. The molecule has 3 rings (SSSR count). The molecule has 0 unspecified atom stereocenters. The summed E-state index contributed by atoms with van der Waals surface area (Å²) in [6.45, 7) is 0. The Labute approximate surface area is 207 Å². The van der Waals surface area contributed by atoms with Crippen molar-refractivity contribution in [2.24, 2.45) is 22.2 Å². The van der Waals surface area contributed by atoms with Crippen molar-refractivity contribution in [3.63, 3.8) is 0 Å². The van der Waals surface area contributed by atoms with Gasteiger partial charge in [0.15, 0.2) is 5.96 Å². The second-order valence-corrected chi connectivity index (χ2v) is 10.0. The molecule has 0 saturated heterocycles. The Balaban J connectivity index is 0.000000550. The highest BCUT2D eigenvalue weighted by Crippen LogP contribution is 2.23. The second-order valence-electron chi connectivity index (χ2n) is 7.08. The number of carbonyl (C=O) groups is 1. The summed E-state index contributed by atoms with van der Waals surface area (Å²) in [6, 6.07) is 17.1. The number of rotatable bonds is 4. The molecule has 0 aliphatic rings. The van der Waals surface area contributed by atoms with Crippen LogP contribution in [0.2, 0.25) is 0 Å². The standard InChI is InChI=1S/C19H17N5O2.2CH4O3S/c20-17(21)13-5-4-12-10-16(7-6-11(12)8-13)26-18(25)14-2-1-3-15(9-14)24-19(22)23;2*1-5(2,3)4/h1-10H,(H3,20,21)(H4,22,23,24);2*1H3,(H,2,3,4). The Bertz CT molecular complexity index is 1450. The third-order valence-electron chi connectivity index (χ3n) is 3.67. The number of nitrogens with one attached hydrogen (secondary N) is 1. The summed E-state index contributed by atoms with van der Waals surface area (Å²) in [5.41, 5.74) is 17.6. The van der Waals surface area contributed by atoms with Gasteiger partial charge in [0.25, 0.3) is 20.2 Å². The van der Waals surface area contributed by atoms with E-state index >= 15 is 0 Å². The molecule has 0 bridgehead atoms. The number of aliphatic imine (C=N–C) groups is 1. The Morgan fingerprint density at radius 1 is 0.833 bits per heavy atom. The van der Waals surface area contributed by atoms with Crippen LogP contribution in [-0.2, 0) is 20.2 Å². The molecule has 0 atom stereocenters. The number of nitrogens with two attached hydrogens (primary N) is 3. The predicted octanol–water partition coefficient (Wildman–Crippen LogP) is 1.26. The van der Waals surface area contributed by atoms with Crippen LogP contribution in [0.25, 0.3) is 10.8 Å². The molecule has 3 aromatic carbocycles. The average Bonchev–Trinajstić information content (AvgIpc) is 2.70. The molecule has 0 spiro atoms. The first-order valence-electron chi connectivity index (χ1n) is 9.57. The van der Waals surface area contributed by atoms with Crippen molar-refractivity contribution in [3.8, 4) is 5.75 Å². The molecule has 0 radical (unpaired) electrons. The van der Waals surface area contributed by atoms with Gasteiger partial charge in [-0.1, -0.05) is 24.3 Å². The number of esters is 1. The molecule has 9 N–H and O–H groups in total. The fourth-order valence-electron chi connectivity index (χ4n) is 2.47. The minimum Gasteiger partial charge on any atom is -0.423 e. The van der Waals surface area contributed by atoms with Gasteiger partial charge in [-0.25, -0.2) is 9.79 Å². The fraction of sp³-hybridized carbons (Fsp3) is 0.0952. The molecule has 194 valence electrons. The zero-order valence-electron chi connectivity index (χ0n) is 19.1. The smallest absolute Gasteiger partial charge is 0.343 e. The van der Waals surface area contributed by atoms with E-state index in [1.807, 2.05) is 12.1 Å². The van der Waals surface area contributed by atoms with E-state index in [0.29, 0.717) is 35.1 Å². The lowest BCUT2D eigenvalue weighted by atomic mass is 10.1. The lowest BCUT2D eigenvalue weighted by molar-refractivity contribution is 0.0735. The van der Waals surface area contributed by atoms with E-state index in [1.165, 1.54) is 0 Å². The van der Waals surface area contributed by atoms with Gasteiger partial charge in [-0.05, 0) is 47.2 Å². The summed E-state index contributed by atoms with van der Waals surface area (Å²) in [7, 11) is -7.33. The van der Waals surface area contributed by atoms with Crippen LogP contribution in [0.4, 0.5) is 5.69 Å². The maximum atomic E-state index is 12.4. The van der Waals surface area contributed by atoms with E-state index in [2.05, 4.69) is 4.99 Å². The molecule has 0 fully saturated rings. The minimum absolute atomic E-state index is 0.00283. The second kappa shape index (κ2) is 12.6. The number of hydrogen-bond acceptors (Lipinski definition) is 8. The summed E-state index contributed by atoms with van der Waals surface area (Å²) in [5.74, 6) is -0.194. The number of benzene rings is 3. The highest BCUT2D eigenvalue weighted by molar-refractivity contribution is 7.85. The summed E-state index contributed by atoms with van der Waals surface area (Å²) in [5, 5.41) is 9.25. The van der Waals surface area contributed by atoms with Crippen LogP contribution in [0.15, 0.2) is 65.7 Å². The van der Waals surface area contributed by atoms with Gasteiger partial charge in [0.05, 0.1) is 23.8 Å². The number of fused-ring (bicyclic) bond motifs is 1. The van der Waals surface area contributed by atoms with Crippen molar-refractivity contribution in [1.82, 2.24) is 0 Å². The first kappa shape index (κ1) is 30.0. The molecule has 13 nitrogen and oxygen atoms in total. The summed E-state index contributed by atoms with van der Waals surface area (Å²) < 4.78 is 57.2. The van der Waals surface area contributed by atoms with Crippen molar-refractivity contribution in [1.29, 1.82) is 5.41 Å². The fourth-order valence-corrected chi connectivity index (χ4v) is 2.47. The Morgan fingerprint density at radius 2 is 1.36 bits per heavy atom. The van der Waals surface area contributed by atoms with Gasteiger partial charge in [-0.2, -0.15) is 16.8 Å². The van der Waals surface area contributed by atoms with Crippen molar-refractivity contribution < 1.29 is 35.5 Å². The van der Waals surface area contributed by atoms with Gasteiger partial charge in [0.2, 0.25) is 0 Å². The highest BCUT2D eigenvalue weighted by atomic mass is 32.2.